The quantitative estimate of drug-likeness (QED) is 0.708. The maximum Gasteiger partial charge on any atom is 0.417 e. The van der Waals surface area contributed by atoms with Crippen LogP contribution in [0.5, 0.6) is 5.75 Å². The number of halogens is 4. The first-order valence-corrected chi connectivity index (χ1v) is 9.84. The topological polar surface area (TPSA) is 50.8 Å². The van der Waals surface area contributed by atoms with Crippen LogP contribution in [-0.2, 0) is 10.9 Å². The van der Waals surface area contributed by atoms with E-state index in [1.54, 1.807) is 25.1 Å². The molecule has 0 unspecified atom stereocenters. The zero-order chi connectivity index (χ0) is 21.7. The minimum atomic E-state index is -4.62. The summed E-state index contributed by atoms with van der Waals surface area (Å²) in [4.78, 5) is 15.0. The molecule has 1 heterocycles. The molecule has 1 aliphatic rings. The summed E-state index contributed by atoms with van der Waals surface area (Å²) in [7, 11) is 0. The van der Waals surface area contributed by atoms with Crippen LogP contribution in [0.4, 0.5) is 18.9 Å². The first-order valence-electron chi connectivity index (χ1n) is 9.46. The molecular formula is C21H22ClF3N2O3. The second kappa shape index (κ2) is 9.68. The number of nitrogens with zero attached hydrogens (tertiary/aromatic N) is 1. The number of hydrogen-bond donors (Lipinski definition) is 1. The van der Waals surface area contributed by atoms with Crippen molar-refractivity contribution >= 4 is 23.2 Å². The van der Waals surface area contributed by atoms with E-state index < -0.39 is 22.7 Å². The number of carbonyl (C=O) groups excluding carboxylic acids is 1. The Hall–Kier alpha value is -2.29. The van der Waals surface area contributed by atoms with Crippen LogP contribution < -0.4 is 10.1 Å². The third kappa shape index (κ3) is 5.65. The van der Waals surface area contributed by atoms with Gasteiger partial charge in [0.15, 0.2) is 0 Å². The molecule has 30 heavy (non-hydrogen) atoms. The van der Waals surface area contributed by atoms with E-state index in [9.17, 15) is 18.0 Å². The van der Waals surface area contributed by atoms with Crippen molar-refractivity contribution < 1.29 is 27.4 Å². The van der Waals surface area contributed by atoms with Gasteiger partial charge >= 0.3 is 6.18 Å². The summed E-state index contributed by atoms with van der Waals surface area (Å²) in [5, 5.41) is 2.09. The molecule has 2 aromatic rings. The Kier molecular flexibility index (Phi) is 7.23. The minimum Gasteiger partial charge on any atom is -0.491 e. The molecule has 1 fully saturated rings. The molecule has 5 nitrogen and oxygen atoms in total. The summed E-state index contributed by atoms with van der Waals surface area (Å²) in [5.41, 5.74) is -0.0719. The fraction of sp³-hybridized carbons (Fsp3) is 0.381. The number of alkyl halides is 3. The normalized spacial score (nSPS) is 15.1. The highest BCUT2D eigenvalue weighted by Crippen LogP contribution is 2.36. The zero-order valence-electron chi connectivity index (χ0n) is 16.4. The number of carbonyl (C=O) groups is 1. The summed E-state index contributed by atoms with van der Waals surface area (Å²) >= 11 is 5.64. The van der Waals surface area contributed by atoms with Crippen LogP contribution in [0.15, 0.2) is 36.4 Å². The van der Waals surface area contributed by atoms with Gasteiger partial charge in [-0.3, -0.25) is 9.69 Å². The summed E-state index contributed by atoms with van der Waals surface area (Å²) in [5.74, 6) is -0.171. The predicted octanol–water partition coefficient (Wildman–Crippen LogP) is 4.63. The molecule has 0 atom stereocenters. The molecule has 1 saturated heterocycles. The Morgan fingerprint density at radius 3 is 2.67 bits per heavy atom. The molecule has 9 heteroatoms. The van der Waals surface area contributed by atoms with Crippen LogP contribution in [0.2, 0.25) is 5.02 Å². The van der Waals surface area contributed by atoms with Gasteiger partial charge in [-0.25, -0.2) is 0 Å². The number of aryl methyl sites for hydroxylation is 1. The summed E-state index contributed by atoms with van der Waals surface area (Å²) in [6.45, 7) is 5.81. The molecule has 3 rings (SSSR count). The summed E-state index contributed by atoms with van der Waals surface area (Å²) in [6.07, 6.45) is -4.62. The molecule has 1 N–H and O–H groups in total. The SMILES string of the molecule is Cc1cccc(OCCN2CCOCC2)c1C(=O)Nc1ccc(Cl)c(C(F)(F)F)c1. The van der Waals surface area contributed by atoms with Gasteiger partial charge in [-0.2, -0.15) is 13.2 Å². The summed E-state index contributed by atoms with van der Waals surface area (Å²) in [6, 6.07) is 8.43. The number of nitrogens with one attached hydrogen (secondary N) is 1. The van der Waals surface area contributed by atoms with Crippen LogP contribution in [0, 0.1) is 6.92 Å². The van der Waals surface area contributed by atoms with Crippen LogP contribution in [-0.4, -0.2) is 50.3 Å². The van der Waals surface area contributed by atoms with E-state index >= 15 is 0 Å². The fourth-order valence-corrected chi connectivity index (χ4v) is 3.40. The lowest BCUT2D eigenvalue weighted by Crippen LogP contribution is -2.38. The maximum absolute atomic E-state index is 13.1. The Balaban J connectivity index is 1.72. The highest BCUT2D eigenvalue weighted by Gasteiger charge is 2.33. The standard InChI is InChI=1S/C21H22ClF3N2O3/c1-14-3-2-4-18(30-12-9-27-7-10-29-11-8-27)19(14)20(28)26-15-5-6-17(22)16(13-15)21(23,24)25/h2-6,13H,7-12H2,1H3,(H,26,28). The highest BCUT2D eigenvalue weighted by atomic mass is 35.5. The number of anilines is 1. The molecule has 0 spiro atoms. The number of amides is 1. The van der Waals surface area contributed by atoms with E-state index in [1.807, 2.05) is 0 Å². The fourth-order valence-electron chi connectivity index (χ4n) is 3.18. The third-order valence-corrected chi connectivity index (χ3v) is 5.09. The van der Waals surface area contributed by atoms with Crippen molar-refractivity contribution in [3.63, 3.8) is 0 Å². The first kappa shape index (κ1) is 22.4. The molecule has 0 aliphatic carbocycles. The molecule has 162 valence electrons. The van der Waals surface area contributed by atoms with Gasteiger partial charge in [0.25, 0.3) is 5.91 Å². The molecular weight excluding hydrogens is 421 g/mol. The van der Waals surface area contributed by atoms with Crippen molar-refractivity contribution in [2.24, 2.45) is 0 Å². The van der Waals surface area contributed by atoms with Crippen LogP contribution in [0.25, 0.3) is 0 Å². The molecule has 0 radical (unpaired) electrons. The van der Waals surface area contributed by atoms with Crippen molar-refractivity contribution in [2.75, 3.05) is 44.8 Å². The number of ether oxygens (including phenoxy) is 2. The van der Waals surface area contributed by atoms with Crippen LogP contribution in [0.1, 0.15) is 21.5 Å². The van der Waals surface area contributed by atoms with Gasteiger partial charge in [-0.1, -0.05) is 23.7 Å². The minimum absolute atomic E-state index is 0.000699. The van der Waals surface area contributed by atoms with E-state index in [0.717, 1.165) is 25.2 Å². The maximum atomic E-state index is 13.1. The Bertz CT molecular complexity index is 900. The predicted molar refractivity (Wildman–Crippen MR) is 108 cm³/mol. The van der Waals surface area contributed by atoms with E-state index in [2.05, 4.69) is 10.2 Å². The zero-order valence-corrected chi connectivity index (χ0v) is 17.1. The molecule has 0 bridgehead atoms. The Morgan fingerprint density at radius 2 is 1.97 bits per heavy atom. The van der Waals surface area contributed by atoms with Gasteiger partial charge < -0.3 is 14.8 Å². The average molecular weight is 443 g/mol. The lowest BCUT2D eigenvalue weighted by Gasteiger charge is -2.26. The van der Waals surface area contributed by atoms with Gasteiger partial charge in [0.05, 0.1) is 29.4 Å². The second-order valence-corrected chi connectivity index (χ2v) is 7.30. The van der Waals surface area contributed by atoms with Crippen molar-refractivity contribution in [3.05, 3.63) is 58.1 Å². The van der Waals surface area contributed by atoms with Crippen molar-refractivity contribution in [2.45, 2.75) is 13.1 Å². The molecule has 0 saturated carbocycles. The number of hydrogen-bond acceptors (Lipinski definition) is 4. The highest BCUT2D eigenvalue weighted by molar-refractivity contribution is 6.31. The van der Waals surface area contributed by atoms with Crippen molar-refractivity contribution in [3.8, 4) is 5.75 Å². The second-order valence-electron chi connectivity index (χ2n) is 6.90. The molecule has 2 aromatic carbocycles. The smallest absolute Gasteiger partial charge is 0.417 e. The van der Waals surface area contributed by atoms with Crippen molar-refractivity contribution in [1.82, 2.24) is 4.90 Å². The monoisotopic (exact) mass is 442 g/mol. The third-order valence-electron chi connectivity index (χ3n) is 4.76. The first-order chi connectivity index (χ1) is 14.3. The van der Waals surface area contributed by atoms with Gasteiger partial charge in [0.2, 0.25) is 0 Å². The van der Waals surface area contributed by atoms with Gasteiger partial charge in [-0.15, -0.1) is 0 Å². The van der Waals surface area contributed by atoms with Crippen molar-refractivity contribution in [1.29, 1.82) is 0 Å². The number of benzene rings is 2. The van der Waals surface area contributed by atoms with Gasteiger partial charge in [0.1, 0.15) is 12.4 Å². The average Bonchev–Trinajstić information content (AvgIpc) is 2.69. The van der Waals surface area contributed by atoms with Gasteiger partial charge in [-0.05, 0) is 36.8 Å². The number of morpholine rings is 1. The lowest BCUT2D eigenvalue weighted by atomic mass is 10.1. The molecule has 1 aliphatic heterocycles. The van der Waals surface area contributed by atoms with Crippen LogP contribution in [0.3, 0.4) is 0 Å². The number of rotatable bonds is 6. The van der Waals surface area contributed by atoms with E-state index in [4.69, 9.17) is 21.1 Å². The Labute approximate surface area is 177 Å². The molecule has 1 amide bonds. The lowest BCUT2D eigenvalue weighted by molar-refractivity contribution is -0.137. The molecule has 0 aromatic heterocycles. The summed E-state index contributed by atoms with van der Waals surface area (Å²) < 4.78 is 50.4. The van der Waals surface area contributed by atoms with Gasteiger partial charge in [0, 0.05) is 25.3 Å². The van der Waals surface area contributed by atoms with E-state index in [0.29, 0.717) is 37.7 Å². The largest absolute Gasteiger partial charge is 0.491 e. The van der Waals surface area contributed by atoms with E-state index in [-0.39, 0.29) is 11.3 Å². The van der Waals surface area contributed by atoms with E-state index in [1.165, 1.54) is 6.07 Å². The van der Waals surface area contributed by atoms with Crippen LogP contribution >= 0.6 is 11.6 Å². The Morgan fingerprint density at radius 1 is 1.23 bits per heavy atom.